The van der Waals surface area contributed by atoms with Crippen LogP contribution in [0.5, 0.6) is 0 Å². The summed E-state index contributed by atoms with van der Waals surface area (Å²) >= 11 is 8.98. The average Bonchev–Trinajstić information content (AvgIpc) is 3.30. The fraction of sp³-hybridized carbons (Fsp3) is 0.300. The summed E-state index contributed by atoms with van der Waals surface area (Å²) in [7, 11) is 0. The summed E-state index contributed by atoms with van der Waals surface area (Å²) in [6, 6.07) is 13.8. The lowest BCUT2D eigenvalue weighted by molar-refractivity contribution is 0.184. The SMILES string of the molecule is CCNC(=NCc1sc(-c2ccccc2)nc1C)NCC(O)c1ccc(Cl)s1.I. The van der Waals surface area contributed by atoms with Gasteiger partial charge in [-0.15, -0.1) is 46.7 Å². The summed E-state index contributed by atoms with van der Waals surface area (Å²) in [5, 5.41) is 17.7. The van der Waals surface area contributed by atoms with Gasteiger partial charge in [-0.1, -0.05) is 41.9 Å². The van der Waals surface area contributed by atoms with Crippen molar-refractivity contribution in [2.75, 3.05) is 13.1 Å². The van der Waals surface area contributed by atoms with Gasteiger partial charge in [-0.2, -0.15) is 0 Å². The molecule has 9 heteroatoms. The fourth-order valence-corrected chi connectivity index (χ4v) is 4.61. The summed E-state index contributed by atoms with van der Waals surface area (Å²) < 4.78 is 0.671. The Morgan fingerprint density at radius 2 is 1.93 bits per heavy atom. The van der Waals surface area contributed by atoms with Gasteiger partial charge in [-0.3, -0.25) is 0 Å². The van der Waals surface area contributed by atoms with Gasteiger partial charge >= 0.3 is 0 Å². The van der Waals surface area contributed by atoms with E-state index in [0.717, 1.165) is 32.6 Å². The molecule has 1 unspecified atom stereocenters. The number of halogens is 2. The number of guanidine groups is 1. The fourth-order valence-electron chi connectivity index (χ4n) is 2.57. The molecule has 3 N–H and O–H groups in total. The number of rotatable bonds is 7. The standard InChI is InChI=1S/C20H23ClN4OS2.HI/c1-3-22-20(23-11-15(26)16-9-10-18(21)27-16)24-12-17-13(2)25-19(28-17)14-7-5-4-6-8-14;/h4-10,15,26H,3,11-12H2,1-2H3,(H2,22,23,24);1H. The molecule has 3 aromatic rings. The lowest BCUT2D eigenvalue weighted by atomic mass is 10.2. The van der Waals surface area contributed by atoms with Gasteiger partial charge in [-0.25, -0.2) is 9.98 Å². The Morgan fingerprint density at radius 3 is 2.59 bits per heavy atom. The van der Waals surface area contributed by atoms with E-state index in [1.807, 2.05) is 38.1 Å². The van der Waals surface area contributed by atoms with Crippen molar-refractivity contribution >= 4 is 64.2 Å². The number of benzene rings is 1. The number of hydrogen-bond donors (Lipinski definition) is 3. The molecule has 3 rings (SSSR count). The van der Waals surface area contributed by atoms with Gasteiger partial charge in [0.05, 0.1) is 16.6 Å². The zero-order valence-electron chi connectivity index (χ0n) is 16.2. The van der Waals surface area contributed by atoms with Crippen LogP contribution in [0.1, 0.15) is 28.5 Å². The predicted octanol–water partition coefficient (Wildman–Crippen LogP) is 5.24. The van der Waals surface area contributed by atoms with Crippen LogP contribution in [-0.2, 0) is 6.54 Å². The second-order valence-electron chi connectivity index (χ2n) is 6.13. The first-order valence-corrected chi connectivity index (χ1v) is 11.0. The van der Waals surface area contributed by atoms with Gasteiger partial charge < -0.3 is 15.7 Å². The number of nitrogens with zero attached hydrogens (tertiary/aromatic N) is 2. The highest BCUT2D eigenvalue weighted by Crippen LogP contribution is 2.28. The van der Waals surface area contributed by atoms with Crippen molar-refractivity contribution in [3.05, 3.63) is 62.2 Å². The van der Waals surface area contributed by atoms with Crippen LogP contribution < -0.4 is 10.6 Å². The van der Waals surface area contributed by atoms with Crippen molar-refractivity contribution < 1.29 is 5.11 Å². The maximum Gasteiger partial charge on any atom is 0.191 e. The highest BCUT2D eigenvalue weighted by molar-refractivity contribution is 14.0. The van der Waals surface area contributed by atoms with Gasteiger partial charge in [0.25, 0.3) is 0 Å². The van der Waals surface area contributed by atoms with Gasteiger partial charge in [0.1, 0.15) is 11.1 Å². The van der Waals surface area contributed by atoms with Crippen molar-refractivity contribution in [3.8, 4) is 10.6 Å². The molecule has 2 heterocycles. The normalized spacial score (nSPS) is 12.3. The molecule has 29 heavy (non-hydrogen) atoms. The molecule has 156 valence electrons. The minimum absolute atomic E-state index is 0. The van der Waals surface area contributed by atoms with E-state index >= 15 is 0 Å². The van der Waals surface area contributed by atoms with Crippen molar-refractivity contribution in [2.24, 2.45) is 4.99 Å². The quantitative estimate of drug-likeness (QED) is 0.209. The first kappa shape index (κ1) is 24.1. The summed E-state index contributed by atoms with van der Waals surface area (Å²) in [5.74, 6) is 0.665. The molecular weight excluding hydrogens is 539 g/mol. The van der Waals surface area contributed by atoms with E-state index in [4.69, 9.17) is 11.6 Å². The molecule has 0 spiro atoms. The Labute approximate surface area is 201 Å². The van der Waals surface area contributed by atoms with Crippen molar-refractivity contribution in [2.45, 2.75) is 26.5 Å². The number of hydrogen-bond acceptors (Lipinski definition) is 5. The minimum Gasteiger partial charge on any atom is -0.386 e. The lowest BCUT2D eigenvalue weighted by Gasteiger charge is -2.14. The second-order valence-corrected chi connectivity index (χ2v) is 8.96. The van der Waals surface area contributed by atoms with Crippen LogP contribution >= 0.6 is 58.3 Å². The number of aryl methyl sites for hydroxylation is 1. The molecule has 0 amide bonds. The Morgan fingerprint density at radius 1 is 1.17 bits per heavy atom. The average molecular weight is 563 g/mol. The summed E-state index contributed by atoms with van der Waals surface area (Å²) in [4.78, 5) is 11.3. The predicted molar refractivity (Wildman–Crippen MR) is 135 cm³/mol. The number of aromatic nitrogens is 1. The topological polar surface area (TPSA) is 69.5 Å². The van der Waals surface area contributed by atoms with Crippen LogP contribution in [0.25, 0.3) is 10.6 Å². The summed E-state index contributed by atoms with van der Waals surface area (Å²) in [6.07, 6.45) is -0.629. The highest BCUT2D eigenvalue weighted by atomic mass is 127. The molecule has 0 fully saturated rings. The zero-order valence-corrected chi connectivity index (χ0v) is 20.9. The van der Waals surface area contributed by atoms with Crippen LogP contribution in [0, 0.1) is 6.92 Å². The van der Waals surface area contributed by atoms with Gasteiger partial charge in [-0.05, 0) is 26.0 Å². The lowest BCUT2D eigenvalue weighted by Crippen LogP contribution is -2.39. The molecule has 0 radical (unpaired) electrons. The molecule has 5 nitrogen and oxygen atoms in total. The minimum atomic E-state index is -0.629. The van der Waals surface area contributed by atoms with Gasteiger partial charge in [0, 0.05) is 28.4 Å². The van der Waals surface area contributed by atoms with Crippen LogP contribution in [0.15, 0.2) is 47.5 Å². The van der Waals surface area contributed by atoms with Gasteiger partial charge in [0.2, 0.25) is 0 Å². The van der Waals surface area contributed by atoms with Crippen molar-refractivity contribution in [3.63, 3.8) is 0 Å². The molecule has 0 aliphatic heterocycles. The van der Waals surface area contributed by atoms with Gasteiger partial charge in [0.15, 0.2) is 5.96 Å². The van der Waals surface area contributed by atoms with Crippen LogP contribution in [0.4, 0.5) is 0 Å². The van der Waals surface area contributed by atoms with Crippen LogP contribution in [0.3, 0.4) is 0 Å². The Kier molecular flexibility index (Phi) is 9.84. The molecule has 1 aromatic carbocycles. The highest BCUT2D eigenvalue weighted by Gasteiger charge is 2.12. The number of aliphatic hydroxyl groups excluding tert-OH is 1. The Hall–Kier alpha value is -1.20. The molecular formula is C20H24ClIN4OS2. The number of aliphatic imine (C=N–C) groups is 1. The third-order valence-electron chi connectivity index (χ3n) is 4.02. The Bertz CT molecular complexity index is 930. The van der Waals surface area contributed by atoms with E-state index < -0.39 is 6.10 Å². The number of thiazole rings is 1. The summed E-state index contributed by atoms with van der Waals surface area (Å²) in [6.45, 7) is 5.66. The van der Waals surface area contributed by atoms with Crippen molar-refractivity contribution in [1.29, 1.82) is 0 Å². The molecule has 2 aromatic heterocycles. The summed E-state index contributed by atoms with van der Waals surface area (Å²) in [5.41, 5.74) is 2.12. The molecule has 0 aliphatic carbocycles. The van der Waals surface area contributed by atoms with E-state index in [1.54, 1.807) is 17.4 Å². The molecule has 0 saturated carbocycles. The van der Waals surface area contributed by atoms with E-state index in [0.29, 0.717) is 23.4 Å². The van der Waals surface area contributed by atoms with Crippen LogP contribution in [0.2, 0.25) is 4.34 Å². The largest absolute Gasteiger partial charge is 0.386 e. The second kappa shape index (κ2) is 11.8. The van der Waals surface area contributed by atoms with E-state index in [9.17, 15) is 5.11 Å². The Balaban J connectivity index is 0.00000300. The molecule has 1 atom stereocenters. The molecule has 0 bridgehead atoms. The number of thiophene rings is 1. The molecule has 0 aliphatic rings. The van der Waals surface area contributed by atoms with E-state index in [-0.39, 0.29) is 24.0 Å². The maximum atomic E-state index is 10.3. The van der Waals surface area contributed by atoms with E-state index in [2.05, 4.69) is 32.7 Å². The monoisotopic (exact) mass is 562 g/mol. The van der Waals surface area contributed by atoms with Crippen molar-refractivity contribution in [1.82, 2.24) is 15.6 Å². The number of aliphatic hydroxyl groups is 1. The third-order valence-corrected chi connectivity index (χ3v) is 6.55. The number of nitrogens with one attached hydrogen (secondary N) is 2. The van der Waals surface area contributed by atoms with E-state index in [1.165, 1.54) is 11.3 Å². The zero-order chi connectivity index (χ0) is 19.9. The molecule has 0 saturated heterocycles. The maximum absolute atomic E-state index is 10.3. The first-order valence-electron chi connectivity index (χ1n) is 9.04. The van der Waals surface area contributed by atoms with Crippen LogP contribution in [-0.4, -0.2) is 29.1 Å². The third kappa shape index (κ3) is 6.92. The first-order chi connectivity index (χ1) is 13.6. The smallest absolute Gasteiger partial charge is 0.191 e.